The van der Waals surface area contributed by atoms with Crippen LogP contribution in [0, 0.1) is 17.8 Å². The normalized spacial score (nSPS) is 30.1. The molecule has 1 aromatic carbocycles. The monoisotopic (exact) mass is 483 g/mol. The van der Waals surface area contributed by atoms with Gasteiger partial charge in [0.15, 0.2) is 11.5 Å². The number of urea groups is 1. The minimum Gasteiger partial charge on any atom is -0.493 e. The van der Waals surface area contributed by atoms with Gasteiger partial charge in [-0.05, 0) is 107 Å². The van der Waals surface area contributed by atoms with Crippen molar-refractivity contribution in [1.82, 2.24) is 16.0 Å². The molecule has 3 amide bonds. The highest BCUT2D eigenvalue weighted by molar-refractivity contribution is 5.78. The summed E-state index contributed by atoms with van der Waals surface area (Å²) in [6, 6.07) is 5.56. The van der Waals surface area contributed by atoms with Crippen molar-refractivity contribution in [2.24, 2.45) is 17.8 Å². The third-order valence-electron chi connectivity index (χ3n) is 8.72. The summed E-state index contributed by atoms with van der Waals surface area (Å²) in [6.45, 7) is 2.28. The molecule has 5 aliphatic carbocycles. The van der Waals surface area contributed by atoms with Crippen LogP contribution in [0.3, 0.4) is 0 Å². The lowest BCUT2D eigenvalue weighted by Crippen LogP contribution is -2.61. The van der Waals surface area contributed by atoms with E-state index >= 15 is 0 Å². The molecule has 7 heteroatoms. The lowest BCUT2D eigenvalue weighted by atomic mass is 9.53. The number of nitrogens with one attached hydrogen (secondary N) is 3. The summed E-state index contributed by atoms with van der Waals surface area (Å²) < 4.78 is 11.7. The summed E-state index contributed by atoms with van der Waals surface area (Å²) in [5.41, 5.74) is 0.948. The largest absolute Gasteiger partial charge is 0.493 e. The average molecular weight is 484 g/mol. The van der Waals surface area contributed by atoms with E-state index in [0.717, 1.165) is 61.2 Å². The summed E-state index contributed by atoms with van der Waals surface area (Å²) >= 11 is 0. The molecule has 0 aromatic heterocycles. The van der Waals surface area contributed by atoms with Gasteiger partial charge in [-0.25, -0.2) is 4.79 Å². The molecule has 0 saturated heterocycles. The van der Waals surface area contributed by atoms with Crippen molar-refractivity contribution in [1.29, 1.82) is 0 Å². The summed E-state index contributed by atoms with van der Waals surface area (Å²) in [7, 11) is 1.64. The maximum Gasteiger partial charge on any atom is 0.315 e. The van der Waals surface area contributed by atoms with E-state index in [0.29, 0.717) is 12.3 Å². The van der Waals surface area contributed by atoms with Gasteiger partial charge < -0.3 is 25.4 Å². The van der Waals surface area contributed by atoms with Crippen LogP contribution in [0.5, 0.6) is 11.5 Å². The number of methoxy groups -OCH3 is 1. The summed E-state index contributed by atoms with van der Waals surface area (Å²) in [5.74, 6) is 3.73. The topological polar surface area (TPSA) is 88.7 Å². The molecule has 0 spiro atoms. The van der Waals surface area contributed by atoms with Crippen molar-refractivity contribution in [3.63, 3.8) is 0 Å². The zero-order valence-electron chi connectivity index (χ0n) is 21.2. The quantitative estimate of drug-likeness (QED) is 0.468. The molecule has 1 unspecified atom stereocenters. The smallest absolute Gasteiger partial charge is 0.315 e. The zero-order valence-corrected chi connectivity index (χ0v) is 21.2. The standard InChI is InChI=1S/C28H41N3O4/c1-18(22-7-8-24(25(14-22)34-2)35-23-5-3-4-6-23)30-26(32)9-10-29-27(33)31-28-15-19-11-20(16-28)13-21(12-19)17-28/h7-8,14,18-21,23H,3-6,9-13,15-17H2,1-2H3,(H,30,32)(H2,29,31,33). The highest BCUT2D eigenvalue weighted by atomic mass is 16.5. The fourth-order valence-electron chi connectivity index (χ4n) is 7.47. The first-order valence-electron chi connectivity index (χ1n) is 13.6. The number of benzene rings is 1. The molecule has 0 radical (unpaired) electrons. The number of carbonyl (C=O) groups is 2. The number of rotatable bonds is 9. The van der Waals surface area contributed by atoms with Gasteiger partial charge in [-0.2, -0.15) is 0 Å². The number of carbonyl (C=O) groups excluding carboxylic acids is 2. The molecule has 4 bridgehead atoms. The Balaban J connectivity index is 1.06. The van der Waals surface area contributed by atoms with Crippen molar-refractivity contribution in [3.05, 3.63) is 23.8 Å². The Labute approximate surface area is 209 Å². The Kier molecular flexibility index (Phi) is 7.12. The fraction of sp³-hybridized carbons (Fsp3) is 0.714. The van der Waals surface area contributed by atoms with Crippen LogP contribution in [0.4, 0.5) is 4.79 Å². The van der Waals surface area contributed by atoms with E-state index in [4.69, 9.17) is 9.47 Å². The molecule has 3 N–H and O–H groups in total. The maximum absolute atomic E-state index is 12.6. The highest BCUT2D eigenvalue weighted by Gasteiger charge is 2.51. The molecule has 7 nitrogen and oxygen atoms in total. The molecule has 5 saturated carbocycles. The van der Waals surface area contributed by atoms with Crippen molar-refractivity contribution in [3.8, 4) is 11.5 Å². The molecule has 5 fully saturated rings. The van der Waals surface area contributed by atoms with Crippen molar-refractivity contribution in [2.75, 3.05) is 13.7 Å². The third-order valence-corrected chi connectivity index (χ3v) is 8.72. The predicted molar refractivity (Wildman–Crippen MR) is 134 cm³/mol. The highest BCUT2D eigenvalue weighted by Crippen LogP contribution is 2.55. The van der Waals surface area contributed by atoms with Crippen LogP contribution in [-0.4, -0.2) is 37.2 Å². The molecule has 35 heavy (non-hydrogen) atoms. The minimum absolute atomic E-state index is 0.0116. The molecule has 1 atom stereocenters. The van der Waals surface area contributed by atoms with Gasteiger partial charge in [-0.3, -0.25) is 4.79 Å². The average Bonchev–Trinajstić information content (AvgIpc) is 3.31. The number of hydrogen-bond acceptors (Lipinski definition) is 4. The van der Waals surface area contributed by atoms with E-state index < -0.39 is 0 Å². The van der Waals surface area contributed by atoms with Crippen LogP contribution < -0.4 is 25.4 Å². The van der Waals surface area contributed by atoms with Crippen LogP contribution >= 0.6 is 0 Å². The lowest BCUT2D eigenvalue weighted by Gasteiger charge is -2.56. The van der Waals surface area contributed by atoms with E-state index in [1.165, 1.54) is 32.1 Å². The van der Waals surface area contributed by atoms with Gasteiger partial charge in [0, 0.05) is 18.5 Å². The van der Waals surface area contributed by atoms with Gasteiger partial charge in [0.2, 0.25) is 5.91 Å². The third kappa shape index (κ3) is 5.70. The van der Waals surface area contributed by atoms with Crippen LogP contribution in [0.15, 0.2) is 18.2 Å². The van der Waals surface area contributed by atoms with E-state index in [-0.39, 0.29) is 36.0 Å². The van der Waals surface area contributed by atoms with Crippen LogP contribution in [-0.2, 0) is 4.79 Å². The molecule has 1 aromatic rings. The summed E-state index contributed by atoms with van der Waals surface area (Å²) in [4.78, 5) is 25.1. The van der Waals surface area contributed by atoms with Crippen molar-refractivity contribution < 1.29 is 19.1 Å². The first-order chi connectivity index (χ1) is 16.9. The van der Waals surface area contributed by atoms with E-state index in [9.17, 15) is 9.59 Å². The summed E-state index contributed by atoms with van der Waals surface area (Å²) in [5, 5.41) is 9.25. The fourth-order valence-corrected chi connectivity index (χ4v) is 7.47. The van der Waals surface area contributed by atoms with Gasteiger partial charge in [0.1, 0.15) is 0 Å². The molecular weight excluding hydrogens is 442 g/mol. The lowest BCUT2D eigenvalue weighted by molar-refractivity contribution is -0.121. The van der Waals surface area contributed by atoms with E-state index in [1.54, 1.807) is 7.11 Å². The Morgan fingerprint density at radius 1 is 1.03 bits per heavy atom. The van der Waals surface area contributed by atoms with Gasteiger partial charge in [-0.15, -0.1) is 0 Å². The molecule has 192 valence electrons. The molecule has 0 heterocycles. The SMILES string of the molecule is COc1cc(C(C)NC(=O)CCNC(=O)NC23CC4CC(CC(C4)C2)C3)ccc1OC1CCCC1. The Hall–Kier alpha value is -2.44. The van der Waals surface area contributed by atoms with Gasteiger partial charge in [-0.1, -0.05) is 6.07 Å². The van der Waals surface area contributed by atoms with Crippen LogP contribution in [0.25, 0.3) is 0 Å². The van der Waals surface area contributed by atoms with Crippen molar-refractivity contribution in [2.45, 2.75) is 95.2 Å². The minimum atomic E-state index is -0.169. The number of amides is 3. The van der Waals surface area contributed by atoms with Crippen LogP contribution in [0.2, 0.25) is 0 Å². The summed E-state index contributed by atoms with van der Waals surface area (Å²) in [6.07, 6.45) is 12.5. The van der Waals surface area contributed by atoms with Gasteiger partial charge in [0.05, 0.1) is 19.3 Å². The Morgan fingerprint density at radius 3 is 2.31 bits per heavy atom. The molecule has 6 rings (SSSR count). The van der Waals surface area contributed by atoms with E-state index in [1.807, 2.05) is 25.1 Å². The second kappa shape index (κ2) is 10.3. The maximum atomic E-state index is 12.6. The van der Waals surface area contributed by atoms with Gasteiger partial charge >= 0.3 is 6.03 Å². The predicted octanol–water partition coefficient (Wildman–Crippen LogP) is 4.85. The first-order valence-corrected chi connectivity index (χ1v) is 13.6. The van der Waals surface area contributed by atoms with Crippen LogP contribution in [0.1, 0.15) is 89.2 Å². The Morgan fingerprint density at radius 2 is 1.69 bits per heavy atom. The van der Waals surface area contributed by atoms with Crippen molar-refractivity contribution >= 4 is 11.9 Å². The Bertz CT molecular complexity index is 891. The molecular formula is C28H41N3O4. The first kappa shape index (κ1) is 24.3. The number of ether oxygens (including phenoxy) is 2. The molecule has 5 aliphatic rings. The van der Waals surface area contributed by atoms with E-state index in [2.05, 4.69) is 16.0 Å². The molecule has 0 aliphatic heterocycles. The number of hydrogen-bond donors (Lipinski definition) is 3. The zero-order chi connectivity index (χ0) is 24.4. The van der Waals surface area contributed by atoms with Gasteiger partial charge in [0.25, 0.3) is 0 Å². The second-order valence-corrected chi connectivity index (χ2v) is 11.6. The second-order valence-electron chi connectivity index (χ2n) is 11.6.